The molecule has 0 aliphatic carbocycles. The van der Waals surface area contributed by atoms with Crippen molar-refractivity contribution in [3.63, 3.8) is 0 Å². The third-order valence-electron chi connectivity index (χ3n) is 3.30. The fraction of sp³-hybridized carbons (Fsp3) is 0.375. The van der Waals surface area contributed by atoms with Gasteiger partial charge in [0.25, 0.3) is 5.56 Å². The third-order valence-corrected chi connectivity index (χ3v) is 4.41. The van der Waals surface area contributed by atoms with Crippen molar-refractivity contribution < 1.29 is 5.11 Å². The highest BCUT2D eigenvalue weighted by Gasteiger charge is 2.13. The molecular weight excluding hydrogens is 379 g/mol. The molecule has 0 saturated heterocycles. The SMILES string of the molecule is Cc1cc(-c2nc(CC(C)C)c(I)c(=O)[nH]2)cc(C)c1O. The first-order valence-electron chi connectivity index (χ1n) is 6.89. The summed E-state index contributed by atoms with van der Waals surface area (Å²) >= 11 is 2.05. The molecular formula is C16H19IN2O2. The van der Waals surface area contributed by atoms with Gasteiger partial charge >= 0.3 is 0 Å². The zero-order valence-electron chi connectivity index (χ0n) is 12.6. The molecule has 0 bridgehead atoms. The van der Waals surface area contributed by atoms with Crippen LogP contribution in [-0.4, -0.2) is 15.1 Å². The lowest BCUT2D eigenvalue weighted by molar-refractivity contribution is 0.467. The van der Waals surface area contributed by atoms with Crippen molar-refractivity contribution >= 4 is 22.6 Å². The maximum absolute atomic E-state index is 12.1. The van der Waals surface area contributed by atoms with Gasteiger partial charge in [0, 0.05) is 5.56 Å². The Morgan fingerprint density at radius 2 is 1.86 bits per heavy atom. The Bertz CT molecular complexity index is 713. The summed E-state index contributed by atoms with van der Waals surface area (Å²) in [5, 5.41) is 9.86. The Morgan fingerprint density at radius 1 is 1.29 bits per heavy atom. The number of benzene rings is 1. The summed E-state index contributed by atoms with van der Waals surface area (Å²) < 4.78 is 0.650. The third kappa shape index (κ3) is 3.45. The molecule has 0 amide bonds. The number of aromatic amines is 1. The molecule has 0 aliphatic rings. The molecule has 5 heteroatoms. The minimum absolute atomic E-state index is 0.111. The molecule has 2 aromatic rings. The highest BCUT2D eigenvalue weighted by atomic mass is 127. The van der Waals surface area contributed by atoms with Gasteiger partial charge in [-0.25, -0.2) is 4.98 Å². The van der Waals surface area contributed by atoms with Crippen molar-refractivity contribution in [2.24, 2.45) is 5.92 Å². The molecule has 0 atom stereocenters. The number of phenols is 1. The lowest BCUT2D eigenvalue weighted by Crippen LogP contribution is -2.17. The van der Waals surface area contributed by atoms with E-state index in [2.05, 4.69) is 23.8 Å². The van der Waals surface area contributed by atoms with Crippen LogP contribution in [0.25, 0.3) is 11.4 Å². The van der Waals surface area contributed by atoms with Crippen LogP contribution in [0.2, 0.25) is 0 Å². The summed E-state index contributed by atoms with van der Waals surface area (Å²) in [7, 11) is 0. The fourth-order valence-electron chi connectivity index (χ4n) is 2.26. The number of nitrogens with zero attached hydrogens (tertiary/aromatic N) is 1. The van der Waals surface area contributed by atoms with E-state index in [1.807, 2.05) is 48.6 Å². The minimum Gasteiger partial charge on any atom is -0.507 e. The van der Waals surface area contributed by atoms with Crippen molar-refractivity contribution in [3.8, 4) is 17.1 Å². The van der Waals surface area contributed by atoms with Gasteiger partial charge in [-0.2, -0.15) is 0 Å². The van der Waals surface area contributed by atoms with Gasteiger partial charge in [-0.15, -0.1) is 0 Å². The largest absolute Gasteiger partial charge is 0.507 e. The van der Waals surface area contributed by atoms with Gasteiger partial charge in [-0.1, -0.05) is 13.8 Å². The second-order valence-electron chi connectivity index (χ2n) is 5.73. The average molecular weight is 398 g/mol. The highest BCUT2D eigenvalue weighted by molar-refractivity contribution is 14.1. The molecule has 2 rings (SSSR count). The molecule has 1 aromatic carbocycles. The van der Waals surface area contributed by atoms with Crippen LogP contribution in [0.5, 0.6) is 5.75 Å². The Hall–Kier alpha value is -1.37. The number of aromatic nitrogens is 2. The van der Waals surface area contributed by atoms with Crippen molar-refractivity contribution in [2.45, 2.75) is 34.1 Å². The van der Waals surface area contributed by atoms with Gasteiger partial charge in [0.05, 0.1) is 9.26 Å². The van der Waals surface area contributed by atoms with Crippen LogP contribution in [0.3, 0.4) is 0 Å². The van der Waals surface area contributed by atoms with Crippen molar-refractivity contribution in [1.29, 1.82) is 0 Å². The normalized spacial score (nSPS) is 11.1. The number of H-pyrrole nitrogens is 1. The van der Waals surface area contributed by atoms with Gasteiger partial charge in [0.15, 0.2) is 0 Å². The molecule has 0 aliphatic heterocycles. The Balaban J connectivity index is 2.59. The van der Waals surface area contributed by atoms with Gasteiger partial charge in [0.1, 0.15) is 11.6 Å². The van der Waals surface area contributed by atoms with Crippen LogP contribution in [0.15, 0.2) is 16.9 Å². The Labute approximate surface area is 137 Å². The monoisotopic (exact) mass is 398 g/mol. The summed E-state index contributed by atoms with van der Waals surface area (Å²) in [4.78, 5) is 19.5. The molecule has 2 N–H and O–H groups in total. The molecule has 0 radical (unpaired) electrons. The second-order valence-corrected chi connectivity index (χ2v) is 6.81. The van der Waals surface area contributed by atoms with Crippen LogP contribution in [0.1, 0.15) is 30.7 Å². The predicted octanol–water partition coefficient (Wildman–Crippen LogP) is 3.56. The maximum atomic E-state index is 12.1. The first-order valence-corrected chi connectivity index (χ1v) is 7.96. The lowest BCUT2D eigenvalue weighted by atomic mass is 10.0. The topological polar surface area (TPSA) is 66.0 Å². The summed E-state index contributed by atoms with van der Waals surface area (Å²) in [6.45, 7) is 7.89. The van der Waals surface area contributed by atoms with Crippen molar-refractivity contribution in [2.75, 3.05) is 0 Å². The van der Waals surface area contributed by atoms with Crippen LogP contribution < -0.4 is 5.56 Å². The Morgan fingerprint density at radius 3 is 2.38 bits per heavy atom. The zero-order chi connectivity index (χ0) is 15.7. The van der Waals surface area contributed by atoms with E-state index < -0.39 is 0 Å². The first-order chi connectivity index (χ1) is 9.79. The summed E-state index contributed by atoms with van der Waals surface area (Å²) in [6, 6.07) is 3.68. The van der Waals surface area contributed by atoms with Crippen LogP contribution >= 0.6 is 22.6 Å². The van der Waals surface area contributed by atoms with E-state index >= 15 is 0 Å². The summed E-state index contributed by atoms with van der Waals surface area (Å²) in [6.07, 6.45) is 0.769. The fourth-order valence-corrected chi connectivity index (χ4v) is 2.73. The number of hydrogen-bond acceptors (Lipinski definition) is 3. The molecule has 0 fully saturated rings. The van der Waals surface area contributed by atoms with Gasteiger partial charge in [-0.05, 0) is 72.0 Å². The number of halogens is 1. The molecule has 112 valence electrons. The van der Waals surface area contributed by atoms with Crippen LogP contribution in [0, 0.1) is 23.3 Å². The standard InChI is InChI=1S/C16H19IN2O2/c1-8(2)5-12-13(17)16(21)19-15(18-12)11-6-9(3)14(20)10(4)7-11/h6-8,20H,5H2,1-4H3,(H,18,19,21). The number of rotatable bonds is 3. The molecule has 21 heavy (non-hydrogen) atoms. The molecule has 0 saturated carbocycles. The first kappa shape index (κ1) is 16.0. The Kier molecular flexibility index (Phi) is 4.70. The van der Waals surface area contributed by atoms with E-state index in [9.17, 15) is 9.90 Å². The molecule has 1 aromatic heterocycles. The number of phenolic OH excluding ortho intramolecular Hbond substituents is 1. The highest BCUT2D eigenvalue weighted by Crippen LogP contribution is 2.27. The van der Waals surface area contributed by atoms with Crippen LogP contribution in [-0.2, 0) is 6.42 Å². The van der Waals surface area contributed by atoms with E-state index in [1.54, 1.807) is 0 Å². The van der Waals surface area contributed by atoms with Crippen LogP contribution in [0.4, 0.5) is 0 Å². The van der Waals surface area contributed by atoms with E-state index in [1.165, 1.54) is 0 Å². The van der Waals surface area contributed by atoms with E-state index in [0.717, 1.165) is 28.8 Å². The summed E-state index contributed by atoms with van der Waals surface area (Å²) in [5.41, 5.74) is 3.09. The molecule has 0 unspecified atom stereocenters. The second kappa shape index (κ2) is 6.17. The van der Waals surface area contributed by atoms with Crippen molar-refractivity contribution in [3.05, 3.63) is 42.9 Å². The number of nitrogens with one attached hydrogen (secondary N) is 1. The van der Waals surface area contributed by atoms with Gasteiger partial charge < -0.3 is 10.1 Å². The average Bonchev–Trinajstić information content (AvgIpc) is 2.39. The number of aryl methyl sites for hydroxylation is 2. The lowest BCUT2D eigenvalue weighted by Gasteiger charge is -2.11. The number of hydrogen-bond donors (Lipinski definition) is 2. The predicted molar refractivity (Wildman–Crippen MR) is 92.7 cm³/mol. The smallest absolute Gasteiger partial charge is 0.264 e. The molecule has 1 heterocycles. The quantitative estimate of drug-likeness (QED) is 0.778. The van der Waals surface area contributed by atoms with E-state index in [4.69, 9.17) is 0 Å². The van der Waals surface area contributed by atoms with E-state index in [-0.39, 0.29) is 11.3 Å². The van der Waals surface area contributed by atoms with E-state index in [0.29, 0.717) is 15.3 Å². The zero-order valence-corrected chi connectivity index (χ0v) is 14.8. The van der Waals surface area contributed by atoms with Gasteiger partial charge in [0.2, 0.25) is 0 Å². The number of aromatic hydroxyl groups is 1. The van der Waals surface area contributed by atoms with Gasteiger partial charge in [-0.3, -0.25) is 4.79 Å². The maximum Gasteiger partial charge on any atom is 0.264 e. The molecule has 0 spiro atoms. The minimum atomic E-state index is -0.111. The van der Waals surface area contributed by atoms with Crippen molar-refractivity contribution in [1.82, 2.24) is 9.97 Å². The summed E-state index contributed by atoms with van der Waals surface area (Å²) in [5.74, 6) is 1.28. The molecule has 4 nitrogen and oxygen atoms in total.